The second-order valence-electron chi connectivity index (χ2n) is 6.51. The summed E-state index contributed by atoms with van der Waals surface area (Å²) in [6, 6.07) is 16.7. The predicted octanol–water partition coefficient (Wildman–Crippen LogP) is 3.74. The highest BCUT2D eigenvalue weighted by Crippen LogP contribution is 2.20. The molecule has 1 fully saturated rings. The fraction of sp³-hybridized carbons (Fsp3) is 0.350. The quantitative estimate of drug-likeness (QED) is 0.666. The molecular weight excluding hydrogens is 392 g/mol. The van der Waals surface area contributed by atoms with Crippen LogP contribution in [0.1, 0.15) is 5.56 Å². The van der Waals surface area contributed by atoms with Gasteiger partial charge >= 0.3 is 0 Å². The Kier molecular flexibility index (Phi) is 5.53. The summed E-state index contributed by atoms with van der Waals surface area (Å²) in [5.41, 5.74) is 3.45. The van der Waals surface area contributed by atoms with Gasteiger partial charge < -0.3 is 14.6 Å². The first-order valence-electron chi connectivity index (χ1n) is 9.03. The van der Waals surface area contributed by atoms with Gasteiger partial charge in [-0.2, -0.15) is 0 Å². The number of para-hydroxylation sites is 2. The number of halogens is 1. The zero-order valence-electron chi connectivity index (χ0n) is 14.7. The van der Waals surface area contributed by atoms with Crippen molar-refractivity contribution in [3.63, 3.8) is 0 Å². The summed E-state index contributed by atoms with van der Waals surface area (Å²) in [5, 5.41) is 3.52. The molecule has 0 saturated carbocycles. The van der Waals surface area contributed by atoms with Crippen LogP contribution in [-0.4, -0.2) is 47.3 Å². The first-order chi connectivity index (χ1) is 12.8. The van der Waals surface area contributed by atoms with Gasteiger partial charge in [0, 0.05) is 37.2 Å². The van der Waals surface area contributed by atoms with E-state index in [2.05, 4.69) is 73.2 Å². The minimum Gasteiger partial charge on any atom is -0.379 e. The molecule has 0 aliphatic carbocycles. The van der Waals surface area contributed by atoms with E-state index in [0.29, 0.717) is 0 Å². The maximum absolute atomic E-state index is 5.45. The molecule has 0 bridgehead atoms. The van der Waals surface area contributed by atoms with Crippen molar-refractivity contribution in [1.29, 1.82) is 0 Å². The number of rotatable bonds is 6. The third-order valence-corrected chi connectivity index (χ3v) is 5.29. The van der Waals surface area contributed by atoms with Crippen LogP contribution in [0.2, 0.25) is 0 Å². The summed E-state index contributed by atoms with van der Waals surface area (Å²) in [7, 11) is 0. The average Bonchev–Trinajstić information content (AvgIpc) is 3.04. The van der Waals surface area contributed by atoms with Gasteiger partial charge in [0.1, 0.15) is 0 Å². The van der Waals surface area contributed by atoms with Gasteiger partial charge in [0.15, 0.2) is 0 Å². The van der Waals surface area contributed by atoms with Gasteiger partial charge in [-0.3, -0.25) is 4.90 Å². The topological polar surface area (TPSA) is 42.3 Å². The fourth-order valence-corrected chi connectivity index (χ4v) is 3.55. The highest BCUT2D eigenvalue weighted by molar-refractivity contribution is 9.10. The molecule has 0 radical (unpaired) electrons. The van der Waals surface area contributed by atoms with E-state index in [4.69, 9.17) is 9.72 Å². The minimum absolute atomic E-state index is 0.758. The van der Waals surface area contributed by atoms with E-state index in [1.54, 1.807) is 0 Å². The van der Waals surface area contributed by atoms with Gasteiger partial charge in [0.05, 0.1) is 24.2 Å². The van der Waals surface area contributed by atoms with Crippen molar-refractivity contribution in [3.05, 3.63) is 58.6 Å². The lowest BCUT2D eigenvalue weighted by atomic mass is 10.2. The number of aromatic nitrogens is 2. The third kappa shape index (κ3) is 4.09. The molecule has 6 heteroatoms. The van der Waals surface area contributed by atoms with Crippen LogP contribution in [0.5, 0.6) is 0 Å². The Morgan fingerprint density at radius 1 is 1.00 bits per heavy atom. The fourth-order valence-electron chi connectivity index (χ4n) is 3.29. The molecule has 1 N–H and O–H groups in total. The molecule has 2 heterocycles. The van der Waals surface area contributed by atoms with Gasteiger partial charge in [-0.05, 0) is 29.8 Å². The molecule has 0 atom stereocenters. The highest BCUT2D eigenvalue weighted by Gasteiger charge is 2.14. The molecule has 1 aliphatic heterocycles. The van der Waals surface area contributed by atoms with Crippen LogP contribution >= 0.6 is 15.9 Å². The van der Waals surface area contributed by atoms with E-state index in [1.807, 2.05) is 6.07 Å². The van der Waals surface area contributed by atoms with Crippen molar-refractivity contribution in [1.82, 2.24) is 14.5 Å². The number of benzene rings is 2. The summed E-state index contributed by atoms with van der Waals surface area (Å²) in [6.45, 7) is 6.37. The normalized spacial score (nSPS) is 15.4. The number of ether oxygens (including phenoxy) is 1. The third-order valence-electron chi connectivity index (χ3n) is 4.76. The molecule has 2 aromatic carbocycles. The van der Waals surface area contributed by atoms with E-state index >= 15 is 0 Å². The van der Waals surface area contributed by atoms with E-state index in [1.165, 1.54) is 11.1 Å². The average molecular weight is 415 g/mol. The number of fused-ring (bicyclic) bond motifs is 1. The van der Waals surface area contributed by atoms with E-state index in [-0.39, 0.29) is 0 Å². The number of hydrogen-bond donors (Lipinski definition) is 1. The van der Waals surface area contributed by atoms with Gasteiger partial charge in [0.2, 0.25) is 5.95 Å². The SMILES string of the molecule is Brc1ccc(CNc2nc3ccccc3n2CCN2CCOCC2)cc1. The number of anilines is 1. The standard InChI is InChI=1S/C20H23BrN4O/c21-17-7-5-16(6-8-17)15-22-20-23-18-3-1-2-4-19(18)25(20)10-9-24-11-13-26-14-12-24/h1-8H,9-15H2,(H,22,23). The second kappa shape index (κ2) is 8.20. The Morgan fingerprint density at radius 3 is 2.58 bits per heavy atom. The largest absolute Gasteiger partial charge is 0.379 e. The first kappa shape index (κ1) is 17.5. The zero-order valence-corrected chi connectivity index (χ0v) is 16.3. The van der Waals surface area contributed by atoms with Gasteiger partial charge in [-0.25, -0.2) is 4.98 Å². The Bertz CT molecular complexity index is 856. The maximum Gasteiger partial charge on any atom is 0.204 e. The Hall–Kier alpha value is -1.89. The maximum atomic E-state index is 5.45. The number of morpholine rings is 1. The van der Waals surface area contributed by atoms with Crippen LogP contribution in [0.4, 0.5) is 5.95 Å². The first-order valence-corrected chi connectivity index (χ1v) is 9.82. The van der Waals surface area contributed by atoms with E-state index in [9.17, 15) is 0 Å². The van der Waals surface area contributed by atoms with Gasteiger partial charge in [-0.15, -0.1) is 0 Å². The summed E-state index contributed by atoms with van der Waals surface area (Å²) in [4.78, 5) is 7.26. The van der Waals surface area contributed by atoms with Crippen LogP contribution in [-0.2, 0) is 17.8 Å². The van der Waals surface area contributed by atoms with E-state index in [0.717, 1.165) is 61.9 Å². The molecular formula is C20H23BrN4O. The van der Waals surface area contributed by atoms with Crippen LogP contribution in [0, 0.1) is 0 Å². The summed E-state index contributed by atoms with van der Waals surface area (Å²) < 4.78 is 8.84. The molecule has 0 unspecified atom stereocenters. The Morgan fingerprint density at radius 2 is 1.77 bits per heavy atom. The monoisotopic (exact) mass is 414 g/mol. The number of imidazole rings is 1. The molecule has 0 spiro atoms. The molecule has 1 aromatic heterocycles. The Labute approximate surface area is 162 Å². The van der Waals surface area contributed by atoms with Gasteiger partial charge in [0.25, 0.3) is 0 Å². The highest BCUT2D eigenvalue weighted by atomic mass is 79.9. The van der Waals surface area contributed by atoms with Crippen LogP contribution in [0.25, 0.3) is 11.0 Å². The summed E-state index contributed by atoms with van der Waals surface area (Å²) in [5.74, 6) is 0.933. The Balaban J connectivity index is 1.51. The number of hydrogen-bond acceptors (Lipinski definition) is 4. The van der Waals surface area contributed by atoms with Crippen molar-refractivity contribution in [2.24, 2.45) is 0 Å². The molecule has 1 aliphatic rings. The molecule has 26 heavy (non-hydrogen) atoms. The number of nitrogens with one attached hydrogen (secondary N) is 1. The second-order valence-corrected chi connectivity index (χ2v) is 7.43. The molecule has 5 nitrogen and oxygen atoms in total. The molecule has 136 valence electrons. The smallest absolute Gasteiger partial charge is 0.204 e. The zero-order chi connectivity index (χ0) is 17.8. The van der Waals surface area contributed by atoms with Crippen molar-refractivity contribution in [2.75, 3.05) is 38.2 Å². The molecule has 1 saturated heterocycles. The lowest BCUT2D eigenvalue weighted by Gasteiger charge is -2.27. The van der Waals surface area contributed by atoms with E-state index < -0.39 is 0 Å². The lowest BCUT2D eigenvalue weighted by molar-refractivity contribution is 0.0366. The van der Waals surface area contributed by atoms with Crippen molar-refractivity contribution < 1.29 is 4.74 Å². The predicted molar refractivity (Wildman–Crippen MR) is 108 cm³/mol. The van der Waals surface area contributed by atoms with Crippen molar-refractivity contribution in [3.8, 4) is 0 Å². The van der Waals surface area contributed by atoms with Crippen LogP contribution in [0.3, 0.4) is 0 Å². The van der Waals surface area contributed by atoms with Gasteiger partial charge in [-0.1, -0.05) is 40.2 Å². The molecule has 0 amide bonds. The number of nitrogens with zero attached hydrogens (tertiary/aromatic N) is 3. The minimum atomic E-state index is 0.758. The lowest BCUT2D eigenvalue weighted by Crippen LogP contribution is -2.38. The van der Waals surface area contributed by atoms with Crippen LogP contribution < -0.4 is 5.32 Å². The van der Waals surface area contributed by atoms with Crippen molar-refractivity contribution in [2.45, 2.75) is 13.1 Å². The summed E-state index contributed by atoms with van der Waals surface area (Å²) >= 11 is 3.48. The van der Waals surface area contributed by atoms with Crippen molar-refractivity contribution >= 4 is 32.9 Å². The molecule has 4 rings (SSSR count). The molecule has 3 aromatic rings. The summed E-state index contributed by atoms with van der Waals surface area (Å²) in [6.07, 6.45) is 0. The van der Waals surface area contributed by atoms with Crippen LogP contribution in [0.15, 0.2) is 53.0 Å².